The van der Waals surface area contributed by atoms with Crippen molar-refractivity contribution >= 4 is 29.2 Å². The van der Waals surface area contributed by atoms with Gasteiger partial charge in [-0.3, -0.25) is 0 Å². The Labute approximate surface area is 110 Å². The summed E-state index contributed by atoms with van der Waals surface area (Å²) in [6, 6.07) is 2.19. The summed E-state index contributed by atoms with van der Waals surface area (Å²) in [7, 11) is 0. The lowest BCUT2D eigenvalue weighted by Gasteiger charge is -2.26. The molecule has 0 fully saturated rings. The van der Waals surface area contributed by atoms with Crippen molar-refractivity contribution in [3.05, 3.63) is 21.9 Å². The summed E-state index contributed by atoms with van der Waals surface area (Å²) in [6.07, 6.45) is -0.331. The van der Waals surface area contributed by atoms with Gasteiger partial charge in [0.15, 0.2) is 0 Å². The molecule has 0 aliphatic carbocycles. The van der Waals surface area contributed by atoms with E-state index in [1.54, 1.807) is 11.3 Å². The summed E-state index contributed by atoms with van der Waals surface area (Å²) in [4.78, 5) is 13.1. The van der Waals surface area contributed by atoms with Gasteiger partial charge in [-0.05, 0) is 37.8 Å². The van der Waals surface area contributed by atoms with Crippen molar-refractivity contribution in [1.82, 2.24) is 5.32 Å². The van der Waals surface area contributed by atoms with E-state index in [4.69, 9.17) is 4.74 Å². The molecule has 0 radical (unpaired) electrons. The van der Waals surface area contributed by atoms with E-state index in [1.807, 2.05) is 32.5 Å². The molecule has 0 saturated carbocycles. The van der Waals surface area contributed by atoms with E-state index >= 15 is 0 Å². The van der Waals surface area contributed by atoms with Gasteiger partial charge in [0.2, 0.25) is 0 Å². The summed E-state index contributed by atoms with van der Waals surface area (Å²) in [5, 5.41) is 5.03. The summed E-state index contributed by atoms with van der Waals surface area (Å²) in [5.41, 5.74) is 0.809. The van der Waals surface area contributed by atoms with Crippen molar-refractivity contribution in [3.8, 4) is 0 Å². The van der Waals surface area contributed by atoms with Gasteiger partial charge in [0.1, 0.15) is 5.60 Å². The molecule has 0 aromatic carbocycles. The third kappa shape index (κ3) is 3.39. The number of carbonyl (C=O) groups is 1. The molecule has 2 heterocycles. The number of thiophene rings is 1. The van der Waals surface area contributed by atoms with Gasteiger partial charge in [-0.15, -0.1) is 11.3 Å². The van der Waals surface area contributed by atoms with Gasteiger partial charge in [-0.2, -0.15) is 11.8 Å². The van der Waals surface area contributed by atoms with Gasteiger partial charge in [0.25, 0.3) is 0 Å². The minimum absolute atomic E-state index is 0.0878. The lowest BCUT2D eigenvalue weighted by atomic mass is 10.1. The minimum Gasteiger partial charge on any atom is -0.444 e. The molecule has 1 aliphatic rings. The molecule has 1 aromatic heterocycles. The number of amides is 1. The number of nitrogens with one attached hydrogen (secondary N) is 1. The van der Waals surface area contributed by atoms with Gasteiger partial charge in [-0.25, -0.2) is 4.79 Å². The Morgan fingerprint density at radius 3 is 3.00 bits per heavy atom. The van der Waals surface area contributed by atoms with E-state index in [-0.39, 0.29) is 12.1 Å². The normalized spacial score (nSPS) is 19.6. The van der Waals surface area contributed by atoms with Gasteiger partial charge >= 0.3 is 6.09 Å². The predicted octanol–water partition coefficient (Wildman–Crippen LogP) is 3.56. The average Bonchev–Trinajstić information content (AvgIpc) is 2.63. The fourth-order valence-corrected chi connectivity index (χ4v) is 3.92. The van der Waals surface area contributed by atoms with Crippen LogP contribution in [0.4, 0.5) is 4.79 Å². The molecular weight excluding hydrogens is 254 g/mol. The summed E-state index contributed by atoms with van der Waals surface area (Å²) in [6.45, 7) is 5.62. The fraction of sp³-hybridized carbons (Fsp3) is 0.583. The highest BCUT2D eigenvalue weighted by atomic mass is 32.2. The van der Waals surface area contributed by atoms with Crippen LogP contribution in [0.25, 0.3) is 0 Å². The fourth-order valence-electron chi connectivity index (χ4n) is 1.71. The van der Waals surface area contributed by atoms with Crippen molar-refractivity contribution < 1.29 is 9.53 Å². The maximum Gasteiger partial charge on any atom is 0.408 e. The summed E-state index contributed by atoms with van der Waals surface area (Å²) in [5.74, 6) is 1.97. The number of hydrogen-bond acceptors (Lipinski definition) is 4. The van der Waals surface area contributed by atoms with Crippen molar-refractivity contribution in [2.45, 2.75) is 38.2 Å². The number of thioether (sulfide) groups is 1. The van der Waals surface area contributed by atoms with Gasteiger partial charge in [0.05, 0.1) is 6.04 Å². The number of rotatable bonds is 1. The largest absolute Gasteiger partial charge is 0.444 e. The quantitative estimate of drug-likeness (QED) is 0.848. The van der Waals surface area contributed by atoms with Gasteiger partial charge < -0.3 is 10.1 Å². The van der Waals surface area contributed by atoms with Crippen molar-refractivity contribution in [2.24, 2.45) is 0 Å². The van der Waals surface area contributed by atoms with E-state index in [0.29, 0.717) is 0 Å². The van der Waals surface area contributed by atoms with Crippen LogP contribution in [0.5, 0.6) is 0 Å². The van der Waals surface area contributed by atoms with E-state index in [1.165, 1.54) is 10.4 Å². The Balaban J connectivity index is 2.00. The highest BCUT2D eigenvalue weighted by Gasteiger charge is 2.25. The Kier molecular flexibility index (Phi) is 3.68. The Bertz CT molecular complexity index is 409. The van der Waals surface area contributed by atoms with Crippen LogP contribution < -0.4 is 5.32 Å². The van der Waals surface area contributed by atoms with Crippen LogP contribution in [0, 0.1) is 0 Å². The molecule has 1 aliphatic heterocycles. The first-order valence-electron chi connectivity index (χ1n) is 5.59. The van der Waals surface area contributed by atoms with Crippen LogP contribution in [0.3, 0.4) is 0 Å². The first-order chi connectivity index (χ1) is 7.96. The van der Waals surface area contributed by atoms with E-state index in [9.17, 15) is 4.79 Å². The summed E-state index contributed by atoms with van der Waals surface area (Å²) >= 11 is 3.61. The molecule has 5 heteroatoms. The lowest BCUT2D eigenvalue weighted by Crippen LogP contribution is -2.36. The van der Waals surface area contributed by atoms with Crippen molar-refractivity contribution in [1.29, 1.82) is 0 Å². The molecule has 1 amide bonds. The molecular formula is C12H17NO2S2. The van der Waals surface area contributed by atoms with Crippen LogP contribution in [0.15, 0.2) is 11.4 Å². The predicted molar refractivity (Wildman–Crippen MR) is 72.6 cm³/mol. The van der Waals surface area contributed by atoms with Crippen LogP contribution in [-0.4, -0.2) is 17.4 Å². The second-order valence-corrected chi connectivity index (χ2v) is 7.04. The standard InChI is InChI=1S/C12H17NO2S2/c1-12(2,3)15-11(14)13-9-6-16-7-10-8(9)4-5-17-10/h4-5,9H,6-7H2,1-3H3,(H,13,14). The van der Waals surface area contributed by atoms with Crippen molar-refractivity contribution in [3.63, 3.8) is 0 Å². The first-order valence-corrected chi connectivity index (χ1v) is 7.63. The topological polar surface area (TPSA) is 38.3 Å². The monoisotopic (exact) mass is 271 g/mol. The van der Waals surface area contributed by atoms with E-state index in [0.717, 1.165) is 11.5 Å². The zero-order valence-corrected chi connectivity index (χ0v) is 11.9. The molecule has 94 valence electrons. The molecule has 2 rings (SSSR count). The third-order valence-electron chi connectivity index (χ3n) is 2.36. The van der Waals surface area contributed by atoms with Gasteiger partial charge in [-0.1, -0.05) is 0 Å². The van der Waals surface area contributed by atoms with Crippen LogP contribution in [-0.2, 0) is 10.5 Å². The molecule has 1 N–H and O–H groups in total. The molecule has 0 spiro atoms. The lowest BCUT2D eigenvalue weighted by molar-refractivity contribution is 0.0508. The first kappa shape index (κ1) is 12.8. The number of ether oxygens (including phenoxy) is 1. The molecule has 1 atom stereocenters. The second kappa shape index (κ2) is 4.90. The Morgan fingerprint density at radius 2 is 2.29 bits per heavy atom. The summed E-state index contributed by atoms with van der Waals surface area (Å²) < 4.78 is 5.28. The number of alkyl carbamates (subject to hydrolysis) is 1. The highest BCUT2D eigenvalue weighted by Crippen LogP contribution is 2.35. The number of hydrogen-bond donors (Lipinski definition) is 1. The second-order valence-electron chi connectivity index (χ2n) is 5.01. The molecule has 0 saturated heterocycles. The molecule has 1 aromatic rings. The third-order valence-corrected chi connectivity index (χ3v) is 4.55. The van der Waals surface area contributed by atoms with Crippen molar-refractivity contribution in [2.75, 3.05) is 5.75 Å². The molecule has 17 heavy (non-hydrogen) atoms. The van der Waals surface area contributed by atoms with E-state index in [2.05, 4.69) is 16.8 Å². The van der Waals surface area contributed by atoms with Crippen LogP contribution in [0.1, 0.15) is 37.3 Å². The van der Waals surface area contributed by atoms with Crippen LogP contribution >= 0.6 is 23.1 Å². The Morgan fingerprint density at radius 1 is 1.53 bits per heavy atom. The minimum atomic E-state index is -0.441. The zero-order chi connectivity index (χ0) is 12.5. The SMILES string of the molecule is CC(C)(C)OC(=O)NC1CSCc2sccc21. The maximum atomic E-state index is 11.7. The van der Waals surface area contributed by atoms with E-state index < -0.39 is 5.60 Å². The number of carbonyl (C=O) groups excluding carboxylic acids is 1. The van der Waals surface area contributed by atoms with Crippen LogP contribution in [0.2, 0.25) is 0 Å². The Hall–Kier alpha value is -0.680. The highest BCUT2D eigenvalue weighted by molar-refractivity contribution is 7.98. The maximum absolute atomic E-state index is 11.7. The number of fused-ring (bicyclic) bond motifs is 1. The van der Waals surface area contributed by atoms with Gasteiger partial charge in [0, 0.05) is 16.4 Å². The average molecular weight is 271 g/mol. The zero-order valence-electron chi connectivity index (χ0n) is 10.3. The molecule has 0 bridgehead atoms. The smallest absolute Gasteiger partial charge is 0.408 e. The molecule has 3 nitrogen and oxygen atoms in total. The molecule has 1 unspecified atom stereocenters.